The number of hydrogen-bond acceptors (Lipinski definition) is 4. The van der Waals surface area contributed by atoms with Crippen LogP contribution in [0, 0.1) is 0 Å². The van der Waals surface area contributed by atoms with Crippen LogP contribution in [-0.4, -0.2) is 25.0 Å². The summed E-state index contributed by atoms with van der Waals surface area (Å²) in [5.74, 6) is 0.992. The number of likely N-dealkylation sites (N-methyl/N-ethyl adjacent to an activating group) is 1. The second-order valence-corrected chi connectivity index (χ2v) is 5.11. The minimum Gasteiger partial charge on any atom is -0.468 e. The Labute approximate surface area is 106 Å². The molecule has 0 unspecified atom stereocenters. The normalized spacial score (nSPS) is 11.2. The van der Waals surface area contributed by atoms with Crippen LogP contribution in [0.4, 0.5) is 0 Å². The highest BCUT2D eigenvalue weighted by atomic mass is 32.1. The lowest BCUT2D eigenvalue weighted by molar-refractivity contribution is 0.324. The molecule has 2 rings (SSSR count). The predicted octanol–water partition coefficient (Wildman–Crippen LogP) is 2.56. The van der Waals surface area contributed by atoms with E-state index in [1.807, 2.05) is 23.5 Å². The van der Waals surface area contributed by atoms with Crippen LogP contribution >= 0.6 is 11.3 Å². The third-order valence-corrected chi connectivity index (χ3v) is 3.42. The van der Waals surface area contributed by atoms with Gasteiger partial charge in [0.1, 0.15) is 5.76 Å². The lowest BCUT2D eigenvalue weighted by atomic mass is 10.4. The van der Waals surface area contributed by atoms with Gasteiger partial charge < -0.3 is 14.6 Å². The van der Waals surface area contributed by atoms with Gasteiger partial charge in [0.15, 0.2) is 0 Å². The largest absolute Gasteiger partial charge is 0.468 e. The van der Waals surface area contributed by atoms with Crippen molar-refractivity contribution in [1.82, 2.24) is 10.2 Å². The zero-order valence-corrected chi connectivity index (χ0v) is 10.9. The van der Waals surface area contributed by atoms with E-state index in [-0.39, 0.29) is 0 Å². The van der Waals surface area contributed by atoms with Gasteiger partial charge >= 0.3 is 0 Å². The van der Waals surface area contributed by atoms with Crippen molar-refractivity contribution in [2.75, 3.05) is 20.1 Å². The molecule has 92 valence electrons. The van der Waals surface area contributed by atoms with Gasteiger partial charge in [-0.25, -0.2) is 0 Å². The number of rotatable bonds is 7. The fourth-order valence-corrected chi connectivity index (χ4v) is 2.43. The predicted molar refractivity (Wildman–Crippen MR) is 71.1 cm³/mol. The quantitative estimate of drug-likeness (QED) is 0.766. The fourth-order valence-electron chi connectivity index (χ4n) is 1.64. The van der Waals surface area contributed by atoms with Crippen LogP contribution in [0.1, 0.15) is 10.6 Å². The first kappa shape index (κ1) is 12.4. The second-order valence-electron chi connectivity index (χ2n) is 4.07. The van der Waals surface area contributed by atoms with Crippen molar-refractivity contribution in [1.29, 1.82) is 0 Å². The highest BCUT2D eigenvalue weighted by Gasteiger charge is 2.01. The molecule has 0 aliphatic rings. The van der Waals surface area contributed by atoms with E-state index in [1.165, 1.54) is 4.88 Å². The first-order valence-corrected chi connectivity index (χ1v) is 6.66. The zero-order chi connectivity index (χ0) is 11.9. The molecule has 0 aliphatic heterocycles. The van der Waals surface area contributed by atoms with Crippen molar-refractivity contribution in [3.63, 3.8) is 0 Å². The van der Waals surface area contributed by atoms with Gasteiger partial charge in [0, 0.05) is 24.5 Å². The second kappa shape index (κ2) is 6.59. The summed E-state index contributed by atoms with van der Waals surface area (Å²) in [6.45, 7) is 3.85. The minimum absolute atomic E-state index is 0.805. The maximum Gasteiger partial charge on any atom is 0.117 e. The van der Waals surface area contributed by atoms with Crippen LogP contribution in [0.15, 0.2) is 40.3 Å². The maximum absolute atomic E-state index is 5.25. The van der Waals surface area contributed by atoms with Crippen molar-refractivity contribution < 1.29 is 4.42 Å². The molecular formula is C13H18N2OS. The first-order valence-electron chi connectivity index (χ1n) is 5.78. The monoisotopic (exact) mass is 250 g/mol. The van der Waals surface area contributed by atoms with Crippen LogP contribution in [0.3, 0.4) is 0 Å². The van der Waals surface area contributed by atoms with Crippen LogP contribution in [-0.2, 0) is 13.1 Å². The zero-order valence-electron chi connectivity index (χ0n) is 10.1. The smallest absolute Gasteiger partial charge is 0.117 e. The lowest BCUT2D eigenvalue weighted by Gasteiger charge is -2.15. The average Bonchev–Trinajstić information content (AvgIpc) is 2.96. The van der Waals surface area contributed by atoms with E-state index in [2.05, 4.69) is 34.8 Å². The number of furan rings is 1. The van der Waals surface area contributed by atoms with Crippen LogP contribution in [0.2, 0.25) is 0 Å². The van der Waals surface area contributed by atoms with Gasteiger partial charge in [-0.2, -0.15) is 0 Å². The van der Waals surface area contributed by atoms with Gasteiger partial charge in [-0.15, -0.1) is 11.3 Å². The van der Waals surface area contributed by atoms with E-state index < -0.39 is 0 Å². The van der Waals surface area contributed by atoms with Gasteiger partial charge in [0.05, 0.1) is 12.8 Å². The topological polar surface area (TPSA) is 28.4 Å². The molecule has 17 heavy (non-hydrogen) atoms. The molecular weight excluding hydrogens is 232 g/mol. The Bertz CT molecular complexity index is 397. The third-order valence-electron chi connectivity index (χ3n) is 2.56. The Hall–Kier alpha value is -1.10. The summed E-state index contributed by atoms with van der Waals surface area (Å²) < 4.78 is 5.25. The van der Waals surface area contributed by atoms with Crippen LogP contribution < -0.4 is 5.32 Å². The Kier molecular flexibility index (Phi) is 4.79. The molecule has 0 spiro atoms. The van der Waals surface area contributed by atoms with Gasteiger partial charge in [-0.1, -0.05) is 6.07 Å². The van der Waals surface area contributed by atoms with E-state index >= 15 is 0 Å². The molecule has 0 amide bonds. The lowest BCUT2D eigenvalue weighted by Crippen LogP contribution is -2.28. The summed E-state index contributed by atoms with van der Waals surface area (Å²) in [7, 11) is 2.15. The summed E-state index contributed by atoms with van der Waals surface area (Å²) in [4.78, 5) is 3.74. The molecule has 0 saturated heterocycles. The van der Waals surface area contributed by atoms with Crippen molar-refractivity contribution in [2.45, 2.75) is 13.1 Å². The maximum atomic E-state index is 5.25. The average molecular weight is 250 g/mol. The Morgan fingerprint density at radius 1 is 1.35 bits per heavy atom. The first-order chi connectivity index (χ1) is 8.34. The highest BCUT2D eigenvalue weighted by molar-refractivity contribution is 7.09. The fraction of sp³-hybridized carbons (Fsp3) is 0.385. The molecule has 0 radical (unpaired) electrons. The molecule has 0 fully saturated rings. The number of nitrogens with zero attached hydrogens (tertiary/aromatic N) is 1. The van der Waals surface area contributed by atoms with Crippen LogP contribution in [0.5, 0.6) is 0 Å². The van der Waals surface area contributed by atoms with Gasteiger partial charge in [-0.3, -0.25) is 0 Å². The van der Waals surface area contributed by atoms with Crippen molar-refractivity contribution >= 4 is 11.3 Å². The highest BCUT2D eigenvalue weighted by Crippen LogP contribution is 2.10. The van der Waals surface area contributed by atoms with Gasteiger partial charge in [0.2, 0.25) is 0 Å². The summed E-state index contributed by atoms with van der Waals surface area (Å²) in [5.41, 5.74) is 0. The number of thiophene rings is 1. The molecule has 3 nitrogen and oxygen atoms in total. The molecule has 1 N–H and O–H groups in total. The standard InChI is InChI=1S/C13H18N2OS/c1-15(11-13-5-3-9-17-13)7-6-14-10-12-4-2-8-16-12/h2-5,8-9,14H,6-7,10-11H2,1H3. The Morgan fingerprint density at radius 3 is 3.00 bits per heavy atom. The van der Waals surface area contributed by atoms with E-state index in [0.29, 0.717) is 0 Å². The van der Waals surface area contributed by atoms with Crippen molar-refractivity contribution in [3.8, 4) is 0 Å². The molecule has 0 atom stereocenters. The Balaban J connectivity index is 1.58. The molecule has 2 aromatic rings. The number of hydrogen-bond donors (Lipinski definition) is 1. The molecule has 2 aromatic heterocycles. The van der Waals surface area contributed by atoms with E-state index in [0.717, 1.165) is 31.9 Å². The molecule has 0 saturated carbocycles. The summed E-state index contributed by atoms with van der Waals surface area (Å²) >= 11 is 1.81. The summed E-state index contributed by atoms with van der Waals surface area (Å²) in [6.07, 6.45) is 1.71. The molecule has 0 aromatic carbocycles. The number of nitrogens with one attached hydrogen (secondary N) is 1. The molecule has 4 heteroatoms. The van der Waals surface area contributed by atoms with Crippen LogP contribution in [0.25, 0.3) is 0 Å². The van der Waals surface area contributed by atoms with Crippen molar-refractivity contribution in [2.24, 2.45) is 0 Å². The third kappa shape index (κ3) is 4.34. The van der Waals surface area contributed by atoms with E-state index in [4.69, 9.17) is 4.42 Å². The molecule has 2 heterocycles. The minimum atomic E-state index is 0.805. The molecule has 0 aliphatic carbocycles. The molecule has 0 bridgehead atoms. The van der Waals surface area contributed by atoms with E-state index in [1.54, 1.807) is 6.26 Å². The van der Waals surface area contributed by atoms with Gasteiger partial charge in [-0.05, 0) is 30.6 Å². The summed E-state index contributed by atoms with van der Waals surface area (Å²) in [6, 6.07) is 8.18. The van der Waals surface area contributed by atoms with E-state index in [9.17, 15) is 0 Å². The Morgan fingerprint density at radius 2 is 2.29 bits per heavy atom. The van der Waals surface area contributed by atoms with Crippen molar-refractivity contribution in [3.05, 3.63) is 46.5 Å². The van der Waals surface area contributed by atoms with Gasteiger partial charge in [0.25, 0.3) is 0 Å². The summed E-state index contributed by atoms with van der Waals surface area (Å²) in [5, 5.41) is 5.49. The SMILES string of the molecule is CN(CCNCc1ccco1)Cc1cccs1.